The van der Waals surface area contributed by atoms with Crippen molar-refractivity contribution in [1.82, 2.24) is 14.9 Å². The van der Waals surface area contributed by atoms with Gasteiger partial charge < -0.3 is 15.6 Å². The van der Waals surface area contributed by atoms with E-state index in [0.29, 0.717) is 12.4 Å². The Kier molecular flexibility index (Phi) is 4.06. The van der Waals surface area contributed by atoms with Crippen molar-refractivity contribution in [1.29, 1.82) is 0 Å². The van der Waals surface area contributed by atoms with Gasteiger partial charge in [0.2, 0.25) is 0 Å². The number of nitrogens with two attached hydrogens (primary N) is 1. The minimum absolute atomic E-state index is 0.265. The van der Waals surface area contributed by atoms with Gasteiger partial charge in [0.15, 0.2) is 5.82 Å². The summed E-state index contributed by atoms with van der Waals surface area (Å²) in [4.78, 5) is 14.9. The Morgan fingerprint density at radius 1 is 1.56 bits per heavy atom. The summed E-state index contributed by atoms with van der Waals surface area (Å²) in [5.74, 6) is -0.168. The van der Waals surface area contributed by atoms with Gasteiger partial charge in [0.25, 0.3) is 5.91 Å². The fraction of sp³-hybridized carbons (Fsp3) is 0.636. The third-order valence-electron chi connectivity index (χ3n) is 2.12. The van der Waals surface area contributed by atoms with Crippen molar-refractivity contribution in [2.75, 3.05) is 13.1 Å². The zero-order valence-electron chi connectivity index (χ0n) is 10.2. The standard InChI is InChI=1S/C11H20N4O/c1-11(2,3)8-13-4-6-15-7-5-14-10(15)9(12)16/h5,7,13H,4,6,8H2,1-3H3,(H2,12,16). The zero-order chi connectivity index (χ0) is 12.2. The summed E-state index contributed by atoms with van der Waals surface area (Å²) < 4.78 is 1.76. The lowest BCUT2D eigenvalue weighted by Crippen LogP contribution is -2.30. The van der Waals surface area contributed by atoms with E-state index in [1.54, 1.807) is 17.0 Å². The van der Waals surface area contributed by atoms with E-state index < -0.39 is 5.91 Å². The molecule has 0 unspecified atom stereocenters. The average Bonchev–Trinajstić information content (AvgIpc) is 2.58. The second kappa shape index (κ2) is 5.12. The van der Waals surface area contributed by atoms with Crippen LogP contribution in [-0.2, 0) is 6.54 Å². The molecule has 1 aromatic rings. The van der Waals surface area contributed by atoms with Crippen molar-refractivity contribution in [3.63, 3.8) is 0 Å². The molecule has 0 radical (unpaired) electrons. The number of primary amides is 1. The minimum atomic E-state index is -0.485. The highest BCUT2D eigenvalue weighted by Crippen LogP contribution is 2.09. The summed E-state index contributed by atoms with van der Waals surface area (Å²) in [5.41, 5.74) is 5.46. The molecule has 1 amide bonds. The number of aromatic nitrogens is 2. The average molecular weight is 224 g/mol. The summed E-state index contributed by atoms with van der Waals surface area (Å²) in [6.45, 7) is 8.96. The van der Waals surface area contributed by atoms with Crippen LogP contribution in [0.15, 0.2) is 12.4 Å². The van der Waals surface area contributed by atoms with Crippen LogP contribution < -0.4 is 11.1 Å². The van der Waals surface area contributed by atoms with Crippen LogP contribution in [0.2, 0.25) is 0 Å². The van der Waals surface area contributed by atoms with Crippen LogP contribution in [0.1, 0.15) is 31.4 Å². The van der Waals surface area contributed by atoms with Crippen molar-refractivity contribution in [2.45, 2.75) is 27.3 Å². The van der Waals surface area contributed by atoms with E-state index in [2.05, 4.69) is 31.1 Å². The van der Waals surface area contributed by atoms with Gasteiger partial charge in [0.05, 0.1) is 0 Å². The Bertz CT molecular complexity index is 351. The number of rotatable bonds is 5. The van der Waals surface area contributed by atoms with E-state index >= 15 is 0 Å². The quantitative estimate of drug-likeness (QED) is 0.720. The number of nitrogens with zero attached hydrogens (tertiary/aromatic N) is 2. The maximum absolute atomic E-state index is 11.0. The van der Waals surface area contributed by atoms with Crippen molar-refractivity contribution < 1.29 is 4.79 Å². The zero-order valence-corrected chi connectivity index (χ0v) is 10.2. The smallest absolute Gasteiger partial charge is 0.284 e. The van der Waals surface area contributed by atoms with E-state index in [-0.39, 0.29) is 5.41 Å². The van der Waals surface area contributed by atoms with Gasteiger partial charge in [-0.05, 0) is 5.41 Å². The van der Waals surface area contributed by atoms with Gasteiger partial charge in [-0.1, -0.05) is 20.8 Å². The fourth-order valence-corrected chi connectivity index (χ4v) is 1.38. The molecule has 3 N–H and O–H groups in total. The lowest BCUT2D eigenvalue weighted by molar-refractivity contribution is 0.0986. The van der Waals surface area contributed by atoms with Crippen LogP contribution in [0.3, 0.4) is 0 Å². The predicted molar refractivity (Wildman–Crippen MR) is 63.1 cm³/mol. The van der Waals surface area contributed by atoms with Crippen LogP contribution >= 0.6 is 0 Å². The number of hydrogen-bond acceptors (Lipinski definition) is 3. The molecule has 0 saturated heterocycles. The second-order valence-corrected chi connectivity index (χ2v) is 5.05. The summed E-state index contributed by atoms with van der Waals surface area (Å²) in [6, 6.07) is 0. The first-order chi connectivity index (χ1) is 7.40. The third kappa shape index (κ3) is 4.02. The molecule has 0 spiro atoms. The minimum Gasteiger partial charge on any atom is -0.363 e. The first-order valence-corrected chi connectivity index (χ1v) is 5.42. The number of nitrogens with one attached hydrogen (secondary N) is 1. The topological polar surface area (TPSA) is 72.9 Å². The molecule has 0 aliphatic carbocycles. The first-order valence-electron chi connectivity index (χ1n) is 5.42. The largest absolute Gasteiger partial charge is 0.363 e. The molecule has 0 aromatic carbocycles. The monoisotopic (exact) mass is 224 g/mol. The molecule has 0 fully saturated rings. The van der Waals surface area contributed by atoms with E-state index in [1.807, 2.05) is 0 Å². The molecule has 1 aromatic heterocycles. The predicted octanol–water partition coefficient (Wildman–Crippen LogP) is 0.618. The van der Waals surface area contributed by atoms with Crippen LogP contribution in [0.5, 0.6) is 0 Å². The third-order valence-corrected chi connectivity index (χ3v) is 2.12. The lowest BCUT2D eigenvalue weighted by Gasteiger charge is -2.18. The molecule has 5 nitrogen and oxygen atoms in total. The van der Waals surface area contributed by atoms with Crippen molar-refractivity contribution >= 4 is 5.91 Å². The molecule has 0 saturated carbocycles. The van der Waals surface area contributed by atoms with Gasteiger partial charge in [-0.25, -0.2) is 4.98 Å². The maximum atomic E-state index is 11.0. The highest BCUT2D eigenvalue weighted by molar-refractivity contribution is 5.89. The second-order valence-electron chi connectivity index (χ2n) is 5.05. The molecule has 5 heteroatoms. The van der Waals surface area contributed by atoms with Crippen molar-refractivity contribution in [2.24, 2.45) is 11.1 Å². The fourth-order valence-electron chi connectivity index (χ4n) is 1.38. The lowest BCUT2D eigenvalue weighted by atomic mass is 9.97. The van der Waals surface area contributed by atoms with Gasteiger partial charge in [0.1, 0.15) is 0 Å². The number of imidazole rings is 1. The number of amides is 1. The van der Waals surface area contributed by atoms with E-state index in [9.17, 15) is 4.79 Å². The number of carbonyl (C=O) groups excluding carboxylic acids is 1. The highest BCUT2D eigenvalue weighted by Gasteiger charge is 2.10. The van der Waals surface area contributed by atoms with Crippen LogP contribution in [0.25, 0.3) is 0 Å². The highest BCUT2D eigenvalue weighted by atomic mass is 16.1. The van der Waals surface area contributed by atoms with Gasteiger partial charge in [-0.15, -0.1) is 0 Å². The summed E-state index contributed by atoms with van der Waals surface area (Å²) >= 11 is 0. The number of carbonyl (C=O) groups is 1. The van der Waals surface area contributed by atoms with Crippen LogP contribution in [0, 0.1) is 5.41 Å². The molecule has 0 atom stereocenters. The molecule has 0 aliphatic heterocycles. The SMILES string of the molecule is CC(C)(C)CNCCn1ccnc1C(N)=O. The molecular weight excluding hydrogens is 204 g/mol. The van der Waals surface area contributed by atoms with Crippen LogP contribution in [0.4, 0.5) is 0 Å². The van der Waals surface area contributed by atoms with Crippen molar-refractivity contribution in [3.8, 4) is 0 Å². The van der Waals surface area contributed by atoms with E-state index in [4.69, 9.17) is 5.73 Å². The summed E-state index contributed by atoms with van der Waals surface area (Å²) in [7, 11) is 0. The van der Waals surface area contributed by atoms with Crippen molar-refractivity contribution in [3.05, 3.63) is 18.2 Å². The molecular formula is C11H20N4O. The normalized spacial score (nSPS) is 11.7. The van der Waals surface area contributed by atoms with Gasteiger partial charge >= 0.3 is 0 Å². The molecule has 0 bridgehead atoms. The Balaban J connectivity index is 2.38. The molecule has 0 aliphatic rings. The van der Waals surface area contributed by atoms with Gasteiger partial charge in [-0.2, -0.15) is 0 Å². The Labute approximate surface area is 96.0 Å². The van der Waals surface area contributed by atoms with Crippen LogP contribution in [-0.4, -0.2) is 28.5 Å². The first kappa shape index (κ1) is 12.7. The Hall–Kier alpha value is -1.36. The molecule has 90 valence electrons. The molecule has 1 rings (SSSR count). The Morgan fingerprint density at radius 2 is 2.25 bits per heavy atom. The van der Waals surface area contributed by atoms with Gasteiger partial charge in [-0.3, -0.25) is 4.79 Å². The maximum Gasteiger partial charge on any atom is 0.284 e. The number of hydrogen-bond donors (Lipinski definition) is 2. The summed E-state index contributed by atoms with van der Waals surface area (Å²) in [6.07, 6.45) is 3.35. The van der Waals surface area contributed by atoms with E-state index in [1.165, 1.54) is 0 Å². The van der Waals surface area contributed by atoms with Gasteiger partial charge in [0, 0.05) is 32.0 Å². The summed E-state index contributed by atoms with van der Waals surface area (Å²) in [5, 5.41) is 3.33. The van der Waals surface area contributed by atoms with E-state index in [0.717, 1.165) is 13.1 Å². The molecule has 16 heavy (non-hydrogen) atoms. The Morgan fingerprint density at radius 3 is 2.81 bits per heavy atom. The molecule has 1 heterocycles.